The summed E-state index contributed by atoms with van der Waals surface area (Å²) in [5, 5.41) is 6.13. The molecule has 2 aromatic rings. The van der Waals surface area contributed by atoms with Gasteiger partial charge in [0.15, 0.2) is 0 Å². The lowest BCUT2D eigenvalue weighted by Crippen LogP contribution is -2.33. The first-order chi connectivity index (χ1) is 18.3. The maximum atomic E-state index is 15.1. The highest BCUT2D eigenvalue weighted by atomic mass is 19.1. The van der Waals surface area contributed by atoms with E-state index < -0.39 is 18.0 Å². The van der Waals surface area contributed by atoms with Gasteiger partial charge in [-0.2, -0.15) is 0 Å². The summed E-state index contributed by atoms with van der Waals surface area (Å²) in [6.45, 7) is 5.54. The van der Waals surface area contributed by atoms with Gasteiger partial charge in [-0.3, -0.25) is 14.7 Å². The molecule has 5 rings (SSSR count). The van der Waals surface area contributed by atoms with Gasteiger partial charge in [0.05, 0.1) is 24.5 Å². The van der Waals surface area contributed by atoms with Crippen molar-refractivity contribution in [3.05, 3.63) is 89.9 Å². The van der Waals surface area contributed by atoms with Crippen molar-refractivity contribution in [1.29, 1.82) is 0 Å². The Morgan fingerprint density at radius 1 is 1.18 bits per heavy atom. The number of amides is 2. The van der Waals surface area contributed by atoms with Crippen molar-refractivity contribution in [2.24, 2.45) is 10.4 Å². The normalized spacial score (nSPS) is 22.0. The second kappa shape index (κ2) is 10.8. The maximum Gasteiger partial charge on any atom is 0.414 e. The van der Waals surface area contributed by atoms with E-state index in [2.05, 4.69) is 46.9 Å². The van der Waals surface area contributed by atoms with Crippen LogP contribution in [0, 0.1) is 11.2 Å². The lowest BCUT2D eigenvalue weighted by molar-refractivity contribution is -0.119. The van der Waals surface area contributed by atoms with Gasteiger partial charge < -0.3 is 15.4 Å². The molecular weight excluding hydrogens is 483 g/mol. The minimum absolute atomic E-state index is 0.0364. The molecule has 8 heteroatoms. The number of carbonyl (C=O) groups excluding carboxylic acids is 2. The highest BCUT2D eigenvalue weighted by molar-refractivity contribution is 6.03. The van der Waals surface area contributed by atoms with E-state index >= 15 is 4.39 Å². The van der Waals surface area contributed by atoms with Gasteiger partial charge in [0, 0.05) is 37.2 Å². The molecule has 0 saturated carbocycles. The Labute approximate surface area is 221 Å². The highest BCUT2D eigenvalue weighted by Crippen LogP contribution is 2.34. The Balaban J connectivity index is 1.17. The van der Waals surface area contributed by atoms with Gasteiger partial charge in [0.2, 0.25) is 5.91 Å². The third-order valence-electron chi connectivity index (χ3n) is 7.05. The lowest BCUT2D eigenvalue weighted by atomic mass is 9.76. The Kier molecular flexibility index (Phi) is 7.24. The first-order valence-corrected chi connectivity index (χ1v) is 12.8. The molecule has 3 aliphatic rings. The molecule has 38 heavy (non-hydrogen) atoms. The first kappa shape index (κ1) is 25.6. The molecule has 2 N–H and O–H groups in total. The molecule has 2 aliphatic heterocycles. The number of cyclic esters (lactones) is 1. The van der Waals surface area contributed by atoms with E-state index in [1.807, 2.05) is 30.5 Å². The zero-order valence-electron chi connectivity index (χ0n) is 21.5. The summed E-state index contributed by atoms with van der Waals surface area (Å²) < 4.78 is 20.3. The molecule has 2 atom stereocenters. The molecule has 196 valence electrons. The standard InChI is InChI=1S/C30H31FN4O3/c1-20(36)34-18-25-19-35(29(37)38-25)24-9-10-26(27(31)14-24)23-7-4-21(5-8-23)16-32-17-22-6-11-28-30(2,15-22)12-3-13-33-28/h3-11,13-15,25,32H,12,16-19H2,1-2H3,(H,34,36)/t25-,30?/m0/s1. The van der Waals surface area contributed by atoms with Crippen molar-refractivity contribution >= 4 is 23.4 Å². The van der Waals surface area contributed by atoms with Crippen molar-refractivity contribution in [2.75, 3.05) is 24.5 Å². The summed E-state index contributed by atoms with van der Waals surface area (Å²) in [5.41, 5.74) is 5.05. The molecule has 0 spiro atoms. The molecule has 0 radical (unpaired) electrons. The topological polar surface area (TPSA) is 83.0 Å². The van der Waals surface area contributed by atoms with Crippen molar-refractivity contribution in [3.8, 4) is 11.1 Å². The molecule has 1 saturated heterocycles. The van der Waals surface area contributed by atoms with E-state index in [1.165, 1.54) is 23.5 Å². The summed E-state index contributed by atoms with van der Waals surface area (Å²) >= 11 is 0. The molecule has 1 aliphatic carbocycles. The largest absolute Gasteiger partial charge is 0.442 e. The van der Waals surface area contributed by atoms with Crippen molar-refractivity contribution < 1.29 is 18.7 Å². The third-order valence-corrected chi connectivity index (χ3v) is 7.05. The van der Waals surface area contributed by atoms with Crippen molar-refractivity contribution in [3.63, 3.8) is 0 Å². The number of anilines is 1. The van der Waals surface area contributed by atoms with Gasteiger partial charge in [0.1, 0.15) is 11.9 Å². The van der Waals surface area contributed by atoms with Crippen LogP contribution in [0.5, 0.6) is 0 Å². The Hall–Kier alpha value is -4.04. The minimum Gasteiger partial charge on any atom is -0.442 e. The zero-order chi connectivity index (χ0) is 26.7. The average molecular weight is 515 g/mol. The number of aliphatic imine (C=N–C) groups is 1. The van der Waals surface area contributed by atoms with Crippen molar-refractivity contribution in [1.82, 2.24) is 10.6 Å². The predicted octanol–water partition coefficient (Wildman–Crippen LogP) is 4.90. The van der Waals surface area contributed by atoms with E-state index in [4.69, 9.17) is 4.74 Å². The third kappa shape index (κ3) is 5.60. The Morgan fingerprint density at radius 3 is 2.76 bits per heavy atom. The number of halogens is 1. The van der Waals surface area contributed by atoms with Crippen LogP contribution in [-0.2, 0) is 16.1 Å². The number of rotatable bonds is 8. The summed E-state index contributed by atoms with van der Waals surface area (Å²) in [6.07, 6.45) is 10.4. The van der Waals surface area contributed by atoms with Gasteiger partial charge in [0.25, 0.3) is 0 Å². The number of carbonyl (C=O) groups is 2. The fourth-order valence-electron chi connectivity index (χ4n) is 4.96. The van der Waals surface area contributed by atoms with Crippen LogP contribution < -0.4 is 15.5 Å². The molecule has 1 fully saturated rings. The van der Waals surface area contributed by atoms with E-state index in [0.717, 1.165) is 29.8 Å². The Morgan fingerprint density at radius 2 is 2.00 bits per heavy atom. The van der Waals surface area contributed by atoms with Gasteiger partial charge in [-0.05, 0) is 47.4 Å². The van der Waals surface area contributed by atoms with E-state index in [-0.39, 0.29) is 24.4 Å². The number of hydrogen-bond acceptors (Lipinski definition) is 5. The van der Waals surface area contributed by atoms with E-state index in [0.29, 0.717) is 17.8 Å². The predicted molar refractivity (Wildman–Crippen MR) is 146 cm³/mol. The maximum absolute atomic E-state index is 15.1. The second-order valence-electron chi connectivity index (χ2n) is 10.1. The average Bonchev–Trinajstić information content (AvgIpc) is 3.28. The molecule has 2 aromatic carbocycles. The zero-order valence-corrected chi connectivity index (χ0v) is 21.5. The van der Waals surface area contributed by atoms with Crippen molar-refractivity contribution in [2.45, 2.75) is 32.9 Å². The minimum atomic E-state index is -0.554. The second-order valence-corrected chi connectivity index (χ2v) is 10.1. The highest BCUT2D eigenvalue weighted by Gasteiger charge is 2.33. The van der Waals surface area contributed by atoms with Gasteiger partial charge in [-0.1, -0.05) is 49.4 Å². The number of nitrogens with zero attached hydrogens (tertiary/aromatic N) is 2. The number of nitrogens with one attached hydrogen (secondary N) is 2. The lowest BCUT2D eigenvalue weighted by Gasteiger charge is -2.31. The van der Waals surface area contributed by atoms with Gasteiger partial charge >= 0.3 is 6.09 Å². The summed E-state index contributed by atoms with van der Waals surface area (Å²) in [4.78, 5) is 29.2. The number of ether oxygens (including phenoxy) is 1. The molecule has 2 amide bonds. The van der Waals surface area contributed by atoms with Gasteiger partial charge in [-0.25, -0.2) is 9.18 Å². The van der Waals surface area contributed by atoms with Crippen LogP contribution >= 0.6 is 0 Å². The quantitative estimate of drug-likeness (QED) is 0.525. The van der Waals surface area contributed by atoms with Crippen LogP contribution in [0.25, 0.3) is 11.1 Å². The summed E-state index contributed by atoms with van der Waals surface area (Å²) in [7, 11) is 0. The van der Waals surface area contributed by atoms with Crippen LogP contribution in [0.2, 0.25) is 0 Å². The smallest absolute Gasteiger partial charge is 0.414 e. The number of benzene rings is 2. The molecule has 0 bridgehead atoms. The van der Waals surface area contributed by atoms with E-state index in [9.17, 15) is 9.59 Å². The number of hydrogen-bond donors (Lipinski definition) is 2. The molecular formula is C30H31FN4O3. The van der Waals surface area contributed by atoms with Crippen LogP contribution in [0.3, 0.4) is 0 Å². The Bertz CT molecular complexity index is 1360. The number of fused-ring (bicyclic) bond motifs is 1. The SMILES string of the molecule is CC(=O)NC[C@H]1CN(c2ccc(-c3ccc(CNCC4=CC5(C)CC=CN=C5C=C4)cc3)c(F)c2)C(=O)O1. The summed E-state index contributed by atoms with van der Waals surface area (Å²) in [5.74, 6) is -0.618. The van der Waals surface area contributed by atoms with Gasteiger partial charge in [-0.15, -0.1) is 0 Å². The fourth-order valence-corrected chi connectivity index (χ4v) is 4.96. The van der Waals surface area contributed by atoms with Crippen LogP contribution in [0.15, 0.2) is 83.5 Å². The first-order valence-electron chi connectivity index (χ1n) is 12.8. The monoisotopic (exact) mass is 514 g/mol. The number of allylic oxidation sites excluding steroid dienone is 3. The van der Waals surface area contributed by atoms with Crippen LogP contribution in [-0.4, -0.2) is 43.5 Å². The van der Waals surface area contributed by atoms with Crippen LogP contribution in [0.4, 0.5) is 14.9 Å². The van der Waals surface area contributed by atoms with E-state index in [1.54, 1.807) is 12.1 Å². The molecule has 2 heterocycles. The fraction of sp³-hybridized carbons (Fsp3) is 0.300. The molecule has 7 nitrogen and oxygen atoms in total. The summed E-state index contributed by atoms with van der Waals surface area (Å²) in [6, 6.07) is 12.5. The van der Waals surface area contributed by atoms with Crippen LogP contribution in [0.1, 0.15) is 25.8 Å². The molecule has 0 aromatic heterocycles. The molecule has 1 unspecified atom stereocenters.